The largest absolute Gasteiger partial charge is 0.381 e. The van der Waals surface area contributed by atoms with Crippen LogP contribution in [0.1, 0.15) is 28.1 Å². The molecule has 1 unspecified atom stereocenters. The summed E-state index contributed by atoms with van der Waals surface area (Å²) >= 11 is 1.41. The van der Waals surface area contributed by atoms with Crippen LogP contribution in [0.15, 0.2) is 11.4 Å². The molecule has 0 saturated carbocycles. The molecule has 4 nitrogen and oxygen atoms in total. The quantitative estimate of drug-likeness (QED) is 0.814. The van der Waals surface area contributed by atoms with Crippen molar-refractivity contribution in [2.45, 2.75) is 12.8 Å². The minimum absolute atomic E-state index is 0.0461. The molecule has 0 spiro atoms. The third-order valence-electron chi connectivity index (χ3n) is 3.06. The van der Waals surface area contributed by atoms with Gasteiger partial charge in [-0.15, -0.1) is 11.3 Å². The first kappa shape index (κ1) is 14.1. The standard InChI is InChI=1S/C14H18N2O2S/c15-6-1-2-12-5-9-19-13(12)14(17)16-7-3-11-4-8-18-10-11/h5,9,11H,3-4,6-8,10,15H2,(H,16,17). The first-order valence-electron chi connectivity index (χ1n) is 6.43. The van der Waals surface area contributed by atoms with Crippen LogP contribution in [0.2, 0.25) is 0 Å². The fraction of sp³-hybridized carbons (Fsp3) is 0.500. The summed E-state index contributed by atoms with van der Waals surface area (Å²) in [6.45, 7) is 2.66. The Morgan fingerprint density at radius 2 is 2.53 bits per heavy atom. The van der Waals surface area contributed by atoms with Crippen LogP contribution in [-0.2, 0) is 4.74 Å². The molecule has 0 radical (unpaired) electrons. The number of carbonyl (C=O) groups is 1. The lowest BCUT2D eigenvalue weighted by Crippen LogP contribution is -2.25. The lowest BCUT2D eigenvalue weighted by molar-refractivity contribution is 0.0954. The van der Waals surface area contributed by atoms with E-state index in [1.807, 2.05) is 11.4 Å². The van der Waals surface area contributed by atoms with E-state index >= 15 is 0 Å². The van der Waals surface area contributed by atoms with E-state index in [0.29, 0.717) is 23.9 Å². The number of nitrogens with two attached hydrogens (primary N) is 1. The van der Waals surface area contributed by atoms with E-state index < -0.39 is 0 Å². The smallest absolute Gasteiger partial charge is 0.262 e. The Balaban J connectivity index is 1.83. The highest BCUT2D eigenvalue weighted by Gasteiger charge is 2.16. The first-order valence-corrected chi connectivity index (χ1v) is 7.31. The summed E-state index contributed by atoms with van der Waals surface area (Å²) in [5, 5.41) is 4.82. The van der Waals surface area contributed by atoms with Gasteiger partial charge in [-0.3, -0.25) is 4.79 Å². The number of rotatable bonds is 4. The molecule has 19 heavy (non-hydrogen) atoms. The van der Waals surface area contributed by atoms with Crippen LogP contribution < -0.4 is 11.1 Å². The SMILES string of the molecule is NCC#Cc1ccsc1C(=O)NCCC1CCOC1. The molecule has 1 fully saturated rings. The topological polar surface area (TPSA) is 64.4 Å². The zero-order chi connectivity index (χ0) is 13.5. The van der Waals surface area contributed by atoms with E-state index in [4.69, 9.17) is 10.5 Å². The molecule has 0 aromatic carbocycles. The van der Waals surface area contributed by atoms with Gasteiger partial charge in [-0.1, -0.05) is 11.8 Å². The number of ether oxygens (including phenoxy) is 1. The van der Waals surface area contributed by atoms with Gasteiger partial charge >= 0.3 is 0 Å². The Morgan fingerprint density at radius 1 is 1.63 bits per heavy atom. The Kier molecular flexibility index (Phi) is 5.40. The number of carbonyl (C=O) groups excluding carboxylic acids is 1. The highest BCUT2D eigenvalue weighted by atomic mass is 32.1. The van der Waals surface area contributed by atoms with Gasteiger partial charge in [0.2, 0.25) is 0 Å². The fourth-order valence-electron chi connectivity index (χ4n) is 2.01. The van der Waals surface area contributed by atoms with Crippen LogP contribution in [0.4, 0.5) is 0 Å². The van der Waals surface area contributed by atoms with Crippen LogP contribution in [-0.4, -0.2) is 32.2 Å². The molecule has 0 bridgehead atoms. The van der Waals surface area contributed by atoms with E-state index in [-0.39, 0.29) is 5.91 Å². The van der Waals surface area contributed by atoms with Crippen LogP contribution >= 0.6 is 11.3 Å². The number of hydrogen-bond acceptors (Lipinski definition) is 4. The minimum atomic E-state index is -0.0461. The van der Waals surface area contributed by atoms with Gasteiger partial charge in [-0.2, -0.15) is 0 Å². The predicted octanol–water partition coefficient (Wildman–Crippen LogP) is 1.21. The molecule has 2 rings (SSSR count). The first-order chi connectivity index (χ1) is 9.31. The highest BCUT2D eigenvalue weighted by molar-refractivity contribution is 7.12. The van der Waals surface area contributed by atoms with E-state index in [9.17, 15) is 4.79 Å². The number of thiophene rings is 1. The van der Waals surface area contributed by atoms with Gasteiger partial charge in [0.05, 0.1) is 6.54 Å². The minimum Gasteiger partial charge on any atom is -0.381 e. The third kappa shape index (κ3) is 4.06. The maximum absolute atomic E-state index is 12.0. The molecule has 1 aliphatic rings. The van der Waals surface area contributed by atoms with Crippen molar-refractivity contribution in [2.24, 2.45) is 11.7 Å². The van der Waals surface area contributed by atoms with E-state index in [0.717, 1.165) is 31.6 Å². The van der Waals surface area contributed by atoms with Crippen LogP contribution in [0, 0.1) is 17.8 Å². The molecule has 1 aliphatic heterocycles. The summed E-state index contributed by atoms with van der Waals surface area (Å²) in [6, 6.07) is 1.85. The van der Waals surface area contributed by atoms with E-state index in [1.165, 1.54) is 11.3 Å². The average molecular weight is 278 g/mol. The predicted molar refractivity (Wildman–Crippen MR) is 76.1 cm³/mol. The van der Waals surface area contributed by atoms with Gasteiger partial charge in [-0.25, -0.2) is 0 Å². The van der Waals surface area contributed by atoms with Gasteiger partial charge < -0.3 is 15.8 Å². The Hall–Kier alpha value is -1.35. The van der Waals surface area contributed by atoms with E-state index in [1.54, 1.807) is 0 Å². The zero-order valence-corrected chi connectivity index (χ0v) is 11.6. The van der Waals surface area contributed by atoms with Gasteiger partial charge in [0, 0.05) is 25.3 Å². The fourth-order valence-corrected chi connectivity index (χ4v) is 2.78. The summed E-state index contributed by atoms with van der Waals surface area (Å²) in [5.41, 5.74) is 6.10. The van der Waals surface area contributed by atoms with Crippen LogP contribution in [0.25, 0.3) is 0 Å². The van der Waals surface area contributed by atoms with Crippen molar-refractivity contribution in [3.05, 3.63) is 21.9 Å². The monoisotopic (exact) mass is 278 g/mol. The molecule has 1 aromatic rings. The molecule has 1 aromatic heterocycles. The lowest BCUT2D eigenvalue weighted by atomic mass is 10.1. The molecule has 1 amide bonds. The van der Waals surface area contributed by atoms with Gasteiger partial charge in [-0.05, 0) is 30.2 Å². The molecular formula is C14H18N2O2S. The Bertz CT molecular complexity index is 481. The van der Waals surface area contributed by atoms with Gasteiger partial charge in [0.15, 0.2) is 0 Å². The molecule has 1 atom stereocenters. The number of amides is 1. The number of hydrogen-bond donors (Lipinski definition) is 2. The summed E-state index contributed by atoms with van der Waals surface area (Å²) in [5.74, 6) is 6.23. The van der Waals surface area contributed by atoms with Crippen molar-refractivity contribution in [1.29, 1.82) is 0 Å². The second kappa shape index (κ2) is 7.29. The van der Waals surface area contributed by atoms with Crippen LogP contribution in [0.3, 0.4) is 0 Å². The van der Waals surface area contributed by atoms with Crippen molar-refractivity contribution in [1.82, 2.24) is 5.32 Å². The second-order valence-electron chi connectivity index (χ2n) is 4.44. The summed E-state index contributed by atoms with van der Waals surface area (Å²) in [4.78, 5) is 12.7. The van der Waals surface area contributed by atoms with Crippen molar-refractivity contribution < 1.29 is 9.53 Å². The highest BCUT2D eigenvalue weighted by Crippen LogP contribution is 2.17. The maximum atomic E-state index is 12.0. The lowest BCUT2D eigenvalue weighted by Gasteiger charge is -2.08. The van der Waals surface area contributed by atoms with Crippen molar-refractivity contribution in [3.63, 3.8) is 0 Å². The normalized spacial score (nSPS) is 17.8. The molecule has 102 valence electrons. The molecule has 1 saturated heterocycles. The molecular weight excluding hydrogens is 260 g/mol. The van der Waals surface area contributed by atoms with Crippen LogP contribution in [0.5, 0.6) is 0 Å². The third-order valence-corrected chi connectivity index (χ3v) is 3.97. The zero-order valence-electron chi connectivity index (χ0n) is 10.8. The van der Waals surface area contributed by atoms with Crippen molar-refractivity contribution in [3.8, 4) is 11.8 Å². The van der Waals surface area contributed by atoms with Gasteiger partial charge in [0.1, 0.15) is 4.88 Å². The molecule has 3 N–H and O–H groups in total. The maximum Gasteiger partial charge on any atom is 0.262 e. The summed E-state index contributed by atoms with van der Waals surface area (Å²) in [7, 11) is 0. The average Bonchev–Trinajstić information content (AvgIpc) is 3.07. The van der Waals surface area contributed by atoms with E-state index in [2.05, 4.69) is 17.2 Å². The van der Waals surface area contributed by atoms with Gasteiger partial charge in [0.25, 0.3) is 5.91 Å². The summed E-state index contributed by atoms with van der Waals surface area (Å²) < 4.78 is 5.31. The summed E-state index contributed by atoms with van der Waals surface area (Å²) in [6.07, 6.45) is 2.07. The second-order valence-corrected chi connectivity index (χ2v) is 5.36. The van der Waals surface area contributed by atoms with Crippen molar-refractivity contribution in [2.75, 3.05) is 26.3 Å². The van der Waals surface area contributed by atoms with Crippen molar-refractivity contribution >= 4 is 17.2 Å². The number of nitrogens with one attached hydrogen (secondary N) is 1. The molecule has 2 heterocycles. The molecule has 0 aliphatic carbocycles. The molecule has 5 heteroatoms. The Labute approximate surface area is 117 Å². The Morgan fingerprint density at radius 3 is 3.26 bits per heavy atom.